The fourth-order valence-electron chi connectivity index (χ4n) is 3.70. The van der Waals surface area contributed by atoms with E-state index in [-0.39, 0.29) is 5.91 Å². The Labute approximate surface area is 174 Å². The number of hydrogen-bond donors (Lipinski definition) is 0. The maximum atomic E-state index is 13.0. The van der Waals surface area contributed by atoms with Crippen LogP contribution in [0.3, 0.4) is 0 Å². The predicted molar refractivity (Wildman–Crippen MR) is 115 cm³/mol. The Morgan fingerprint density at radius 1 is 1.21 bits per heavy atom. The molecule has 2 aromatic carbocycles. The quantitative estimate of drug-likeness (QED) is 0.579. The van der Waals surface area contributed by atoms with E-state index in [4.69, 9.17) is 4.74 Å². The van der Waals surface area contributed by atoms with Crippen molar-refractivity contribution < 1.29 is 9.53 Å². The van der Waals surface area contributed by atoms with Gasteiger partial charge in [0, 0.05) is 12.2 Å². The Balaban J connectivity index is 1.50. The molecule has 0 saturated heterocycles. The molecular formula is C22H24N4O2S. The van der Waals surface area contributed by atoms with Gasteiger partial charge in [-0.15, -0.1) is 10.2 Å². The number of carbonyl (C=O) groups is 1. The Kier molecular flexibility index (Phi) is 5.85. The highest BCUT2D eigenvalue weighted by Crippen LogP contribution is 2.31. The maximum Gasteiger partial charge on any atom is 0.237 e. The minimum absolute atomic E-state index is 0.0828. The Morgan fingerprint density at radius 2 is 2.07 bits per heavy atom. The molecule has 29 heavy (non-hydrogen) atoms. The average molecular weight is 409 g/mol. The number of anilines is 1. The van der Waals surface area contributed by atoms with Crippen LogP contribution in [0, 0.1) is 0 Å². The van der Waals surface area contributed by atoms with Gasteiger partial charge in [0.15, 0.2) is 5.16 Å². The van der Waals surface area contributed by atoms with Gasteiger partial charge in [0.2, 0.25) is 5.91 Å². The summed E-state index contributed by atoms with van der Waals surface area (Å²) in [5.74, 6) is 1.23. The number of nitrogens with zero attached hydrogens (tertiary/aromatic N) is 4. The number of carbonyl (C=O) groups excluding carboxylic acids is 1. The molecule has 0 spiro atoms. The van der Waals surface area contributed by atoms with Gasteiger partial charge in [-0.25, -0.2) is 0 Å². The summed E-state index contributed by atoms with van der Waals surface area (Å²) >= 11 is 1.43. The molecule has 1 aromatic heterocycles. The number of amides is 1. The summed E-state index contributed by atoms with van der Waals surface area (Å²) < 4.78 is 7.29. The van der Waals surface area contributed by atoms with Gasteiger partial charge < -0.3 is 9.64 Å². The molecule has 0 N–H and O–H groups in total. The van der Waals surface area contributed by atoms with Crippen molar-refractivity contribution in [2.75, 3.05) is 24.3 Å². The number of fused-ring (bicyclic) bond motifs is 1. The zero-order valence-corrected chi connectivity index (χ0v) is 17.5. The molecule has 7 heteroatoms. The van der Waals surface area contributed by atoms with Crippen LogP contribution in [0.25, 0.3) is 5.69 Å². The summed E-state index contributed by atoms with van der Waals surface area (Å²) in [4.78, 5) is 14.9. The summed E-state index contributed by atoms with van der Waals surface area (Å²) in [5, 5.41) is 9.04. The third-order valence-corrected chi connectivity index (χ3v) is 6.11. The van der Waals surface area contributed by atoms with Gasteiger partial charge in [0.1, 0.15) is 12.1 Å². The van der Waals surface area contributed by atoms with Crippen LogP contribution in [0.2, 0.25) is 0 Å². The number of thioether (sulfide) groups is 1. The normalized spacial score (nSPS) is 13.2. The molecule has 1 amide bonds. The highest BCUT2D eigenvalue weighted by molar-refractivity contribution is 7.99. The maximum absolute atomic E-state index is 13.0. The number of rotatable bonds is 6. The van der Waals surface area contributed by atoms with E-state index < -0.39 is 0 Å². The first kappa shape index (κ1) is 19.5. The summed E-state index contributed by atoms with van der Waals surface area (Å²) in [6.07, 6.45) is 4.55. The topological polar surface area (TPSA) is 60.2 Å². The molecule has 0 saturated carbocycles. The third-order valence-electron chi connectivity index (χ3n) is 5.18. The molecule has 0 radical (unpaired) electrons. The first-order valence-corrected chi connectivity index (χ1v) is 10.8. The molecule has 0 aliphatic carbocycles. The van der Waals surface area contributed by atoms with Crippen LogP contribution in [-0.2, 0) is 17.6 Å². The van der Waals surface area contributed by atoms with E-state index in [9.17, 15) is 4.79 Å². The molecular weight excluding hydrogens is 384 g/mol. The van der Waals surface area contributed by atoms with Crippen molar-refractivity contribution in [2.45, 2.75) is 31.3 Å². The van der Waals surface area contributed by atoms with Gasteiger partial charge >= 0.3 is 0 Å². The zero-order valence-electron chi connectivity index (χ0n) is 16.7. The Hall–Kier alpha value is -2.80. The Bertz CT molecular complexity index is 1020. The van der Waals surface area contributed by atoms with Crippen molar-refractivity contribution in [1.82, 2.24) is 14.8 Å². The van der Waals surface area contributed by atoms with Crippen LogP contribution < -0.4 is 9.64 Å². The molecule has 4 rings (SSSR count). The van der Waals surface area contributed by atoms with E-state index in [1.165, 1.54) is 17.3 Å². The van der Waals surface area contributed by atoms with Crippen molar-refractivity contribution in [3.63, 3.8) is 0 Å². The van der Waals surface area contributed by atoms with E-state index in [2.05, 4.69) is 29.3 Å². The van der Waals surface area contributed by atoms with Crippen LogP contribution in [0.5, 0.6) is 5.75 Å². The van der Waals surface area contributed by atoms with Crippen molar-refractivity contribution in [3.8, 4) is 11.4 Å². The van der Waals surface area contributed by atoms with Gasteiger partial charge in [-0.2, -0.15) is 0 Å². The predicted octanol–water partition coefficient (Wildman–Crippen LogP) is 3.91. The lowest BCUT2D eigenvalue weighted by atomic mass is 10.0. The summed E-state index contributed by atoms with van der Waals surface area (Å²) in [7, 11) is 1.66. The van der Waals surface area contributed by atoms with E-state index in [0.29, 0.717) is 5.75 Å². The molecule has 6 nitrogen and oxygen atoms in total. The minimum Gasteiger partial charge on any atom is -0.497 e. The van der Waals surface area contributed by atoms with Crippen LogP contribution >= 0.6 is 11.8 Å². The minimum atomic E-state index is 0.0828. The fraction of sp³-hybridized carbons (Fsp3) is 0.318. The second-order valence-corrected chi connectivity index (χ2v) is 7.84. The van der Waals surface area contributed by atoms with Crippen LogP contribution in [0.1, 0.15) is 24.5 Å². The number of benzene rings is 2. The van der Waals surface area contributed by atoms with E-state index >= 15 is 0 Å². The number of hydrogen-bond acceptors (Lipinski definition) is 5. The fourth-order valence-corrected chi connectivity index (χ4v) is 4.49. The first-order chi connectivity index (χ1) is 14.2. The molecule has 150 valence electrons. The Morgan fingerprint density at radius 3 is 2.90 bits per heavy atom. The highest BCUT2D eigenvalue weighted by Gasteiger charge is 2.23. The average Bonchev–Trinajstić information content (AvgIpc) is 3.25. The standard InChI is InChI=1S/C22H24N4O2S/c1-3-16-7-4-5-9-19(16)26-15-23-24-22(26)29-14-21(27)25-12-6-8-17-13-18(28-2)10-11-20(17)25/h4-5,7,9-11,13,15H,3,6,8,12,14H2,1-2H3. The smallest absolute Gasteiger partial charge is 0.237 e. The molecule has 0 fully saturated rings. The molecule has 0 atom stereocenters. The number of aryl methyl sites for hydroxylation is 2. The lowest BCUT2D eigenvalue weighted by Gasteiger charge is -2.29. The molecule has 1 aliphatic heterocycles. The zero-order chi connectivity index (χ0) is 20.2. The van der Waals surface area contributed by atoms with Crippen LogP contribution in [0.4, 0.5) is 5.69 Å². The van der Waals surface area contributed by atoms with Crippen molar-refractivity contribution in [1.29, 1.82) is 0 Å². The van der Waals surface area contributed by atoms with Crippen molar-refractivity contribution >= 4 is 23.4 Å². The van der Waals surface area contributed by atoms with Crippen LogP contribution in [-0.4, -0.2) is 40.1 Å². The summed E-state index contributed by atoms with van der Waals surface area (Å²) in [6, 6.07) is 14.1. The number of para-hydroxylation sites is 1. The van der Waals surface area contributed by atoms with E-state index in [0.717, 1.165) is 53.7 Å². The number of methoxy groups -OCH3 is 1. The van der Waals surface area contributed by atoms with Crippen molar-refractivity contribution in [3.05, 3.63) is 59.9 Å². The molecule has 1 aliphatic rings. The lowest BCUT2D eigenvalue weighted by molar-refractivity contribution is -0.116. The second kappa shape index (κ2) is 8.69. The molecule has 3 aromatic rings. The lowest BCUT2D eigenvalue weighted by Crippen LogP contribution is -2.36. The van der Waals surface area contributed by atoms with E-state index in [1.54, 1.807) is 13.4 Å². The molecule has 2 heterocycles. The summed E-state index contributed by atoms with van der Waals surface area (Å²) in [5.41, 5.74) is 4.43. The van der Waals surface area contributed by atoms with E-state index in [1.807, 2.05) is 39.8 Å². The SMILES string of the molecule is CCc1ccccc1-n1cnnc1SCC(=O)N1CCCc2cc(OC)ccc21. The molecule has 0 unspecified atom stereocenters. The highest BCUT2D eigenvalue weighted by atomic mass is 32.2. The second-order valence-electron chi connectivity index (χ2n) is 6.90. The van der Waals surface area contributed by atoms with Gasteiger partial charge in [-0.05, 0) is 54.7 Å². The van der Waals surface area contributed by atoms with Gasteiger partial charge in [0.25, 0.3) is 0 Å². The van der Waals surface area contributed by atoms with Crippen molar-refractivity contribution in [2.24, 2.45) is 0 Å². The van der Waals surface area contributed by atoms with Gasteiger partial charge in [0.05, 0.1) is 18.6 Å². The van der Waals surface area contributed by atoms with Gasteiger partial charge in [-0.1, -0.05) is 36.9 Å². The van der Waals surface area contributed by atoms with Crippen LogP contribution in [0.15, 0.2) is 53.9 Å². The first-order valence-electron chi connectivity index (χ1n) is 9.79. The third kappa shape index (κ3) is 4.00. The monoisotopic (exact) mass is 408 g/mol. The molecule has 0 bridgehead atoms. The summed E-state index contributed by atoms with van der Waals surface area (Å²) in [6.45, 7) is 2.87. The largest absolute Gasteiger partial charge is 0.497 e. The number of ether oxygens (including phenoxy) is 1. The van der Waals surface area contributed by atoms with Gasteiger partial charge in [-0.3, -0.25) is 9.36 Å². The number of aromatic nitrogens is 3.